The van der Waals surface area contributed by atoms with Crippen LogP contribution in [0.15, 0.2) is 30.3 Å². The number of primary amides is 1. The number of unbranched alkanes of at least 4 members (excludes halogenated alkanes) is 1. The molecule has 0 bridgehead atoms. The Morgan fingerprint density at radius 1 is 1.06 bits per heavy atom. The molecular formula is C36H45N3O9. The van der Waals surface area contributed by atoms with E-state index in [1.165, 1.54) is 11.0 Å². The number of rotatable bonds is 13. The zero-order chi connectivity index (χ0) is 34.9. The van der Waals surface area contributed by atoms with Crippen molar-refractivity contribution in [3.05, 3.63) is 47.0 Å². The monoisotopic (exact) mass is 663 g/mol. The molecule has 12 heteroatoms. The number of fused-ring (bicyclic) bond motifs is 3. The third-order valence-corrected chi connectivity index (χ3v) is 10.1. The fourth-order valence-corrected chi connectivity index (χ4v) is 7.81. The Balaban J connectivity index is 1.48. The number of methoxy groups -OCH3 is 1. The highest BCUT2D eigenvalue weighted by Gasteiger charge is 2.69. The van der Waals surface area contributed by atoms with Gasteiger partial charge in [-0.3, -0.25) is 28.9 Å². The SMILES string of the molecule is CCCCOCCCNCc1ccc(OC)c(-c2ccc(O)c3c2C[C@@H]2C[C@@H]4[C@@H](N(C)C)C(=O)C(C(N)=O)C(=O)[C@]4(O)C(=O)C2C3=O)c1. The molecule has 0 radical (unpaired) electrons. The predicted molar refractivity (Wildman–Crippen MR) is 175 cm³/mol. The van der Waals surface area contributed by atoms with Crippen LogP contribution in [0.25, 0.3) is 11.1 Å². The van der Waals surface area contributed by atoms with Crippen LogP contribution < -0.4 is 15.8 Å². The van der Waals surface area contributed by atoms with E-state index in [0.29, 0.717) is 35.6 Å². The van der Waals surface area contributed by atoms with Crippen LogP contribution >= 0.6 is 0 Å². The number of hydrogen-bond acceptors (Lipinski definition) is 11. The van der Waals surface area contributed by atoms with E-state index in [1.807, 2.05) is 18.2 Å². The van der Waals surface area contributed by atoms with Gasteiger partial charge in [-0.25, -0.2) is 0 Å². The quantitative estimate of drug-likeness (QED) is 0.181. The van der Waals surface area contributed by atoms with Gasteiger partial charge < -0.3 is 30.7 Å². The third kappa shape index (κ3) is 6.06. The number of hydrogen-bond donors (Lipinski definition) is 4. The van der Waals surface area contributed by atoms with Gasteiger partial charge in [0.25, 0.3) is 0 Å². The molecule has 0 heterocycles. The van der Waals surface area contributed by atoms with E-state index in [4.69, 9.17) is 15.2 Å². The summed E-state index contributed by atoms with van der Waals surface area (Å²) < 4.78 is 11.3. The van der Waals surface area contributed by atoms with Crippen LogP contribution in [0.1, 0.15) is 54.1 Å². The third-order valence-electron chi connectivity index (χ3n) is 10.1. The Morgan fingerprint density at radius 2 is 1.79 bits per heavy atom. The minimum atomic E-state index is -2.77. The van der Waals surface area contributed by atoms with Crippen molar-refractivity contribution in [3.8, 4) is 22.6 Å². The Bertz CT molecular complexity index is 1620. The van der Waals surface area contributed by atoms with Crippen LogP contribution in [-0.2, 0) is 36.9 Å². The number of nitrogens with zero attached hydrogens (tertiary/aromatic N) is 1. The van der Waals surface area contributed by atoms with E-state index in [1.54, 1.807) is 27.3 Å². The van der Waals surface area contributed by atoms with Crippen LogP contribution in [0.5, 0.6) is 11.5 Å². The number of nitrogens with one attached hydrogen (secondary N) is 1. The van der Waals surface area contributed by atoms with Crippen LogP contribution in [0.3, 0.4) is 0 Å². The lowest BCUT2D eigenvalue weighted by Gasteiger charge is -2.52. The Kier molecular flexibility index (Phi) is 10.5. The molecule has 48 heavy (non-hydrogen) atoms. The number of nitrogens with two attached hydrogens (primary N) is 1. The first kappa shape index (κ1) is 35.3. The molecule has 12 nitrogen and oxygen atoms in total. The summed E-state index contributed by atoms with van der Waals surface area (Å²) in [6, 6.07) is 7.67. The second-order valence-corrected chi connectivity index (χ2v) is 13.3. The largest absolute Gasteiger partial charge is 0.507 e. The highest BCUT2D eigenvalue weighted by Crippen LogP contribution is 2.52. The Morgan fingerprint density at radius 3 is 2.46 bits per heavy atom. The summed E-state index contributed by atoms with van der Waals surface area (Å²) in [6.07, 6.45) is 3.13. The number of phenolic OH excluding ortho intramolecular Hbond substituents is 1. The molecule has 0 aromatic heterocycles. The number of ether oxygens (including phenoxy) is 2. The molecular weight excluding hydrogens is 618 g/mol. The molecule has 6 atom stereocenters. The second kappa shape index (κ2) is 14.3. The molecule has 1 amide bonds. The molecule has 0 saturated heterocycles. The standard InChI is InChI=1S/C36H45N3O9/c1-5-6-13-48-14-7-12-38-18-19-8-11-26(47-4)22(15-19)21-9-10-25(40)28-23(21)16-20-17-24-30(39(2)3)32(42)29(35(37)45)34(44)36(24,46)33(43)27(20)31(28)41/h8-11,15,20,24,27,29-30,38,40,46H,5-7,12-14,16-18H2,1-4H3,(H2,37,45)/t20-,24-,27?,29?,30-,36-/m1/s1. The van der Waals surface area contributed by atoms with Crippen molar-refractivity contribution in [1.29, 1.82) is 0 Å². The maximum Gasteiger partial charge on any atom is 0.235 e. The van der Waals surface area contributed by atoms with Crippen LogP contribution in [0, 0.1) is 23.7 Å². The normalized spacial score (nSPS) is 26.7. The molecule has 2 aromatic carbocycles. The minimum Gasteiger partial charge on any atom is -0.507 e. The van der Waals surface area contributed by atoms with E-state index in [-0.39, 0.29) is 24.2 Å². The van der Waals surface area contributed by atoms with Gasteiger partial charge >= 0.3 is 0 Å². The number of aromatic hydroxyl groups is 1. The second-order valence-electron chi connectivity index (χ2n) is 13.3. The zero-order valence-electron chi connectivity index (χ0n) is 27.9. The number of carbonyl (C=O) groups excluding carboxylic acids is 5. The molecule has 2 fully saturated rings. The summed E-state index contributed by atoms with van der Waals surface area (Å²) in [5.41, 5.74) is 5.39. The average Bonchev–Trinajstić information content (AvgIpc) is 3.03. The number of aliphatic hydroxyl groups is 1. The molecule has 3 aliphatic rings. The van der Waals surface area contributed by atoms with Gasteiger partial charge in [0.2, 0.25) is 5.91 Å². The van der Waals surface area contributed by atoms with E-state index in [9.17, 15) is 34.2 Å². The maximum atomic E-state index is 14.2. The maximum absolute atomic E-state index is 14.2. The van der Waals surface area contributed by atoms with Gasteiger partial charge in [0.15, 0.2) is 34.7 Å². The van der Waals surface area contributed by atoms with E-state index < -0.39 is 64.4 Å². The molecule has 0 aliphatic heterocycles. The molecule has 2 unspecified atom stereocenters. The molecule has 2 aromatic rings. The molecule has 2 saturated carbocycles. The number of phenols is 1. The zero-order valence-corrected chi connectivity index (χ0v) is 27.9. The number of likely N-dealkylation sites (N-methyl/N-ethyl adjacent to an activating group) is 1. The van der Waals surface area contributed by atoms with Gasteiger partial charge in [0.1, 0.15) is 11.5 Å². The summed E-state index contributed by atoms with van der Waals surface area (Å²) >= 11 is 0. The number of Topliss-reactive ketones (excluding diaryl/α,β-unsaturated/α-hetero) is 4. The molecule has 0 spiro atoms. The minimum absolute atomic E-state index is 0.0256. The number of ketones is 4. The van der Waals surface area contributed by atoms with Crippen LogP contribution in [-0.4, -0.2) is 96.8 Å². The lowest BCUT2D eigenvalue weighted by Crippen LogP contribution is -2.74. The molecule has 5 N–H and O–H groups in total. The molecule has 258 valence electrons. The molecule has 3 aliphatic carbocycles. The number of benzene rings is 2. The van der Waals surface area contributed by atoms with Gasteiger partial charge in [0, 0.05) is 31.2 Å². The average molecular weight is 664 g/mol. The van der Waals surface area contributed by atoms with Gasteiger partial charge in [0.05, 0.1) is 24.6 Å². The van der Waals surface area contributed by atoms with Gasteiger partial charge in [-0.05, 0) is 87.1 Å². The topological polar surface area (TPSA) is 186 Å². The van der Waals surface area contributed by atoms with Crippen molar-refractivity contribution in [2.24, 2.45) is 29.4 Å². The first-order valence-electron chi connectivity index (χ1n) is 16.5. The van der Waals surface area contributed by atoms with E-state index >= 15 is 0 Å². The van der Waals surface area contributed by atoms with Crippen molar-refractivity contribution >= 4 is 29.0 Å². The first-order chi connectivity index (χ1) is 22.9. The number of carbonyl (C=O) groups is 5. The summed E-state index contributed by atoms with van der Waals surface area (Å²) in [4.78, 5) is 68.9. The van der Waals surface area contributed by atoms with Crippen molar-refractivity contribution in [1.82, 2.24) is 10.2 Å². The van der Waals surface area contributed by atoms with Crippen molar-refractivity contribution in [2.75, 3.05) is 41.0 Å². The summed E-state index contributed by atoms with van der Waals surface area (Å²) in [6.45, 7) is 4.91. The highest BCUT2D eigenvalue weighted by molar-refractivity contribution is 6.32. The summed E-state index contributed by atoms with van der Waals surface area (Å²) in [5, 5.41) is 26.2. The lowest BCUT2D eigenvalue weighted by atomic mass is 9.52. The molecule has 5 rings (SSSR count). The number of amides is 1. The summed E-state index contributed by atoms with van der Waals surface area (Å²) in [7, 11) is 4.66. The highest BCUT2D eigenvalue weighted by atomic mass is 16.5. The van der Waals surface area contributed by atoms with Crippen molar-refractivity contribution in [3.63, 3.8) is 0 Å². The van der Waals surface area contributed by atoms with Crippen LogP contribution in [0.4, 0.5) is 0 Å². The van der Waals surface area contributed by atoms with Crippen LogP contribution in [0.2, 0.25) is 0 Å². The van der Waals surface area contributed by atoms with Gasteiger partial charge in [-0.15, -0.1) is 0 Å². The summed E-state index contributed by atoms with van der Waals surface area (Å²) in [5.74, 6) is -10.3. The van der Waals surface area contributed by atoms with Crippen molar-refractivity contribution in [2.45, 2.75) is 57.2 Å². The van der Waals surface area contributed by atoms with Crippen molar-refractivity contribution < 1.29 is 43.7 Å². The smallest absolute Gasteiger partial charge is 0.235 e. The van der Waals surface area contributed by atoms with Gasteiger partial charge in [-0.1, -0.05) is 25.5 Å². The Labute approximate surface area is 280 Å². The fourth-order valence-electron chi connectivity index (χ4n) is 7.81. The predicted octanol–water partition coefficient (Wildman–Crippen LogP) is 1.84. The van der Waals surface area contributed by atoms with E-state index in [2.05, 4.69) is 12.2 Å². The van der Waals surface area contributed by atoms with Gasteiger partial charge in [-0.2, -0.15) is 0 Å². The first-order valence-corrected chi connectivity index (χ1v) is 16.5. The van der Waals surface area contributed by atoms with E-state index in [0.717, 1.165) is 38.0 Å². The fraction of sp³-hybridized carbons (Fsp3) is 0.528. The Hall–Kier alpha value is -3.97. The lowest BCUT2D eigenvalue weighted by molar-refractivity contribution is -0.181.